The van der Waals surface area contributed by atoms with Crippen LogP contribution in [0, 0.1) is 46.5 Å². The highest BCUT2D eigenvalue weighted by molar-refractivity contribution is 8.09. The molecule has 2 aromatic rings. The normalized spacial score (nSPS) is 14.2. The van der Waals surface area contributed by atoms with Gasteiger partial charge in [-0.15, -0.1) is 0 Å². The van der Waals surface area contributed by atoms with Crippen molar-refractivity contribution in [3.63, 3.8) is 0 Å². The van der Waals surface area contributed by atoms with Gasteiger partial charge < -0.3 is 9.47 Å². The number of sulfone groups is 4. The number of halogens is 20. The molecule has 0 unspecified atom stereocenters. The summed E-state index contributed by atoms with van der Waals surface area (Å²) in [5.74, 6) is -31.5. The summed E-state index contributed by atoms with van der Waals surface area (Å²) in [6, 6.07) is 0. The molecular formula is C22H10F20O10S4. The topological polar surface area (TPSA) is 155 Å². The third kappa shape index (κ3) is 8.36. The first-order chi connectivity index (χ1) is 24.8. The first-order valence-electron chi connectivity index (χ1n) is 12.9. The first kappa shape index (κ1) is 48.6. The molecule has 0 saturated carbocycles. The predicted octanol–water partition coefficient (Wildman–Crippen LogP) is 6.77. The zero-order valence-electron chi connectivity index (χ0n) is 25.3. The standard InChI is InChI=1S/C22H10F20O10S4/c23-7-5(17(53(43,44)19(31,32)33)54(45,46)20(34,35)36)8(24)12(28)15(11(7)27)51-3-1-2-4-52-16-13(29)9(25)6(10(26)14(16)30)18(55(47,48)21(37,38)39)56(49,50)22(40,41)42/h17-18H,1-4H2. The maximum absolute atomic E-state index is 14.6. The molecule has 0 aliphatic heterocycles. The Kier molecular flexibility index (Phi) is 13.3. The van der Waals surface area contributed by atoms with Crippen LogP contribution in [0.5, 0.6) is 11.5 Å². The Bertz CT molecular complexity index is 2010. The molecule has 34 heteroatoms. The van der Waals surface area contributed by atoms with Gasteiger partial charge in [0.15, 0.2) is 34.8 Å². The molecule has 0 spiro atoms. The number of unbranched alkanes of at least 4 members (excludes halogenated alkanes) is 1. The van der Waals surface area contributed by atoms with E-state index < -0.39 is 166 Å². The molecule has 322 valence electrons. The number of alkyl halides is 12. The van der Waals surface area contributed by atoms with Crippen molar-refractivity contribution in [3.05, 3.63) is 57.7 Å². The number of rotatable bonds is 13. The van der Waals surface area contributed by atoms with Crippen LogP contribution in [0.15, 0.2) is 0 Å². The Morgan fingerprint density at radius 2 is 0.536 bits per heavy atom. The molecule has 0 heterocycles. The van der Waals surface area contributed by atoms with Gasteiger partial charge in [-0.3, -0.25) is 0 Å². The largest absolute Gasteiger partial charge is 0.499 e. The number of hydrogen-bond donors (Lipinski definition) is 0. The fourth-order valence-electron chi connectivity index (χ4n) is 3.92. The Labute approximate surface area is 296 Å². The number of benzene rings is 2. The minimum Gasteiger partial charge on any atom is -0.487 e. The van der Waals surface area contributed by atoms with Crippen LogP contribution in [-0.2, 0) is 39.3 Å². The lowest BCUT2D eigenvalue weighted by Gasteiger charge is -2.23. The van der Waals surface area contributed by atoms with Crippen molar-refractivity contribution >= 4 is 39.3 Å². The minimum atomic E-state index is -7.94. The van der Waals surface area contributed by atoms with Crippen molar-refractivity contribution in [1.29, 1.82) is 0 Å². The van der Waals surface area contributed by atoms with Crippen LogP contribution < -0.4 is 9.47 Å². The van der Waals surface area contributed by atoms with Crippen LogP contribution in [0.25, 0.3) is 0 Å². The van der Waals surface area contributed by atoms with Crippen molar-refractivity contribution < 1.29 is 131 Å². The van der Waals surface area contributed by atoms with E-state index in [0.29, 0.717) is 0 Å². The molecule has 0 atom stereocenters. The van der Waals surface area contributed by atoms with Gasteiger partial charge >= 0.3 is 22.0 Å². The van der Waals surface area contributed by atoms with Gasteiger partial charge in [0.05, 0.1) is 24.3 Å². The lowest BCUT2D eigenvalue weighted by atomic mass is 10.2. The van der Waals surface area contributed by atoms with Crippen molar-refractivity contribution in [3.8, 4) is 11.5 Å². The van der Waals surface area contributed by atoms with Crippen LogP contribution in [0.1, 0.15) is 33.1 Å². The molecule has 10 nitrogen and oxygen atoms in total. The molecular weight excluding hydrogens is 932 g/mol. The van der Waals surface area contributed by atoms with E-state index >= 15 is 0 Å². The van der Waals surface area contributed by atoms with Gasteiger partial charge in [0.2, 0.25) is 32.4 Å². The van der Waals surface area contributed by atoms with Gasteiger partial charge in [-0.2, -0.15) is 70.2 Å². The Balaban J connectivity index is 2.45. The molecule has 0 radical (unpaired) electrons. The van der Waals surface area contributed by atoms with E-state index in [9.17, 15) is 121 Å². The molecule has 0 aromatic heterocycles. The monoisotopic (exact) mass is 942 g/mol. The molecule has 2 aromatic carbocycles. The first-order valence-corrected chi connectivity index (χ1v) is 19.1. The highest BCUT2D eigenvalue weighted by atomic mass is 32.3. The number of hydrogen-bond acceptors (Lipinski definition) is 10. The van der Waals surface area contributed by atoms with Crippen LogP contribution in [-0.4, -0.2) is 68.9 Å². The SMILES string of the molecule is O=S(=O)(C(c1c(F)c(F)c(OCCCCOc2c(F)c(F)c(C(S(=O)(=O)C(F)(F)F)S(=O)(=O)C(F)(F)F)c(F)c2F)c(F)c1F)S(=O)(=O)C(F)(F)F)C(F)(F)F. The fraction of sp³-hybridized carbons (Fsp3) is 0.455. The average molecular weight is 943 g/mol. The molecule has 0 fully saturated rings. The van der Waals surface area contributed by atoms with E-state index in [4.69, 9.17) is 0 Å². The second-order valence-electron chi connectivity index (χ2n) is 10.0. The third-order valence-electron chi connectivity index (χ3n) is 6.43. The quantitative estimate of drug-likeness (QED) is 0.119. The lowest BCUT2D eigenvalue weighted by molar-refractivity contribution is -0.0484. The van der Waals surface area contributed by atoms with Gasteiger partial charge in [-0.1, -0.05) is 0 Å². The fourth-order valence-corrected chi connectivity index (χ4v) is 10.9. The Morgan fingerprint density at radius 1 is 0.357 bits per heavy atom. The van der Waals surface area contributed by atoms with Gasteiger partial charge in [0, 0.05) is 0 Å². The van der Waals surface area contributed by atoms with Crippen molar-refractivity contribution in [2.75, 3.05) is 13.2 Å². The summed E-state index contributed by atoms with van der Waals surface area (Å²) in [5.41, 5.74) is -35.3. The van der Waals surface area contributed by atoms with Crippen molar-refractivity contribution in [2.45, 2.75) is 44.0 Å². The maximum atomic E-state index is 14.6. The molecule has 2 rings (SSSR count). The van der Waals surface area contributed by atoms with Crippen LogP contribution >= 0.6 is 0 Å². The van der Waals surface area contributed by atoms with Gasteiger partial charge in [-0.25, -0.2) is 51.2 Å². The summed E-state index contributed by atoms with van der Waals surface area (Å²) in [6.45, 7) is -2.81. The minimum absolute atomic E-state index is 0.959. The highest BCUT2D eigenvalue weighted by Gasteiger charge is 2.67. The maximum Gasteiger partial charge on any atom is 0.499 e. The van der Waals surface area contributed by atoms with E-state index in [1.807, 2.05) is 0 Å². The molecule has 56 heavy (non-hydrogen) atoms. The zero-order valence-corrected chi connectivity index (χ0v) is 28.5. The predicted molar refractivity (Wildman–Crippen MR) is 138 cm³/mol. The summed E-state index contributed by atoms with van der Waals surface area (Å²) in [5, 5.41) is 0. The summed E-state index contributed by atoms with van der Waals surface area (Å²) in [7, 11) is -31.8. The number of ether oxygens (including phenoxy) is 2. The van der Waals surface area contributed by atoms with Crippen LogP contribution in [0.3, 0.4) is 0 Å². The van der Waals surface area contributed by atoms with Crippen LogP contribution in [0.2, 0.25) is 0 Å². The van der Waals surface area contributed by atoms with Crippen molar-refractivity contribution in [2.24, 2.45) is 0 Å². The molecule has 0 aliphatic carbocycles. The van der Waals surface area contributed by atoms with Crippen molar-refractivity contribution in [1.82, 2.24) is 0 Å². The van der Waals surface area contributed by atoms with Gasteiger partial charge in [0.1, 0.15) is 0 Å². The van der Waals surface area contributed by atoms with Gasteiger partial charge in [0.25, 0.3) is 39.3 Å². The van der Waals surface area contributed by atoms with E-state index in [2.05, 4.69) is 9.47 Å². The Morgan fingerprint density at radius 3 is 0.696 bits per heavy atom. The molecule has 0 amide bonds. The van der Waals surface area contributed by atoms with E-state index in [1.165, 1.54) is 0 Å². The Hall–Kier alpha value is -3.56. The summed E-state index contributed by atoms with van der Waals surface area (Å²) < 4.78 is 364. The van der Waals surface area contributed by atoms with Crippen LogP contribution in [0.4, 0.5) is 87.8 Å². The van der Waals surface area contributed by atoms with E-state index in [-0.39, 0.29) is 0 Å². The molecule has 0 bridgehead atoms. The molecule has 0 saturated heterocycles. The second-order valence-corrected chi connectivity index (χ2v) is 18.7. The molecule has 0 aliphatic rings. The summed E-state index contributed by atoms with van der Waals surface area (Å²) in [6.07, 6.45) is -1.92. The third-order valence-corrected chi connectivity index (χ3v) is 15.3. The van der Waals surface area contributed by atoms with E-state index in [1.54, 1.807) is 0 Å². The lowest BCUT2D eigenvalue weighted by Crippen LogP contribution is -2.40. The highest BCUT2D eigenvalue weighted by Crippen LogP contribution is 2.49. The summed E-state index contributed by atoms with van der Waals surface area (Å²) >= 11 is 0. The van der Waals surface area contributed by atoms with E-state index in [0.717, 1.165) is 0 Å². The van der Waals surface area contributed by atoms with Gasteiger partial charge in [-0.05, 0) is 12.8 Å². The zero-order chi connectivity index (χ0) is 44.3. The molecule has 0 N–H and O–H groups in total. The average Bonchev–Trinajstić information content (AvgIpc) is 3.01. The second kappa shape index (κ2) is 15.3. The smallest absolute Gasteiger partial charge is 0.487 e. The summed E-state index contributed by atoms with van der Waals surface area (Å²) in [4.78, 5) is 0.